The van der Waals surface area contributed by atoms with Gasteiger partial charge in [-0.15, -0.1) is 0 Å². The molecule has 0 aromatic carbocycles. The predicted molar refractivity (Wildman–Crippen MR) is 71.1 cm³/mol. The zero-order valence-corrected chi connectivity index (χ0v) is 12.1. The van der Waals surface area contributed by atoms with Gasteiger partial charge in [-0.3, -0.25) is 0 Å². The molecule has 2 unspecified atom stereocenters. The van der Waals surface area contributed by atoms with E-state index in [1.54, 1.807) is 0 Å². The Bertz CT molecular complexity index is 155. The van der Waals surface area contributed by atoms with Crippen LogP contribution in [0.1, 0.15) is 74.1 Å². The summed E-state index contributed by atoms with van der Waals surface area (Å²) in [5.74, 6) is 2.60. The molecule has 0 saturated heterocycles. The van der Waals surface area contributed by atoms with Crippen LogP contribution < -0.4 is 0 Å². The van der Waals surface area contributed by atoms with E-state index in [9.17, 15) is 0 Å². The maximum atomic E-state index is 2.43. The highest BCUT2D eigenvalue weighted by molar-refractivity contribution is 4.75. The highest BCUT2D eigenvalue weighted by Crippen LogP contribution is 2.35. The normalized spacial score (nSPS) is 16.8. The summed E-state index contributed by atoms with van der Waals surface area (Å²) in [6, 6.07) is 0. The molecule has 0 heteroatoms. The second kappa shape index (κ2) is 6.55. The Morgan fingerprint density at radius 2 is 1.53 bits per heavy atom. The number of hydrogen-bond donors (Lipinski definition) is 0. The Labute approximate surface area is 97.8 Å². The van der Waals surface area contributed by atoms with Gasteiger partial charge in [0.05, 0.1) is 0 Å². The maximum absolute atomic E-state index is 2.43. The van der Waals surface area contributed by atoms with Crippen molar-refractivity contribution >= 4 is 0 Å². The van der Waals surface area contributed by atoms with E-state index in [0.717, 1.165) is 17.8 Å². The molecule has 0 heterocycles. The minimum atomic E-state index is 0.528. The van der Waals surface area contributed by atoms with E-state index in [1.807, 2.05) is 0 Å². The van der Waals surface area contributed by atoms with Crippen LogP contribution in [0.15, 0.2) is 0 Å². The molecule has 0 bridgehead atoms. The molecule has 0 aliphatic heterocycles. The van der Waals surface area contributed by atoms with E-state index in [4.69, 9.17) is 0 Å². The standard InChI is InChI=1S/C15H32/c1-8-14(5)15(6,7)10-9-13(4)11-12(2)3/h12-14H,8-11H2,1-7H3. The first-order chi connectivity index (χ1) is 6.79. The number of hydrogen-bond acceptors (Lipinski definition) is 0. The Hall–Kier alpha value is 0. The molecule has 0 aromatic rings. The Morgan fingerprint density at radius 3 is 1.93 bits per heavy atom. The Morgan fingerprint density at radius 1 is 1.00 bits per heavy atom. The average Bonchev–Trinajstić information content (AvgIpc) is 2.12. The van der Waals surface area contributed by atoms with E-state index in [-0.39, 0.29) is 0 Å². The van der Waals surface area contributed by atoms with Crippen LogP contribution in [0, 0.1) is 23.2 Å². The minimum absolute atomic E-state index is 0.528. The molecule has 0 aromatic heterocycles. The van der Waals surface area contributed by atoms with E-state index in [2.05, 4.69) is 48.5 Å². The van der Waals surface area contributed by atoms with Gasteiger partial charge in [-0.2, -0.15) is 0 Å². The molecule has 0 radical (unpaired) electrons. The lowest BCUT2D eigenvalue weighted by atomic mass is 9.73. The molecule has 0 N–H and O–H groups in total. The van der Waals surface area contributed by atoms with Crippen molar-refractivity contribution in [3.63, 3.8) is 0 Å². The molecule has 0 spiro atoms. The second-order valence-electron chi connectivity index (χ2n) is 6.57. The van der Waals surface area contributed by atoms with Gasteiger partial charge in [0.2, 0.25) is 0 Å². The molecule has 0 rings (SSSR count). The first kappa shape index (κ1) is 15.0. The summed E-state index contributed by atoms with van der Waals surface area (Å²) in [7, 11) is 0. The summed E-state index contributed by atoms with van der Waals surface area (Å²) >= 11 is 0. The van der Waals surface area contributed by atoms with Gasteiger partial charge in [-0.25, -0.2) is 0 Å². The van der Waals surface area contributed by atoms with Crippen molar-refractivity contribution in [3.05, 3.63) is 0 Å². The maximum Gasteiger partial charge on any atom is -0.0329 e. The van der Waals surface area contributed by atoms with Gasteiger partial charge < -0.3 is 0 Å². The monoisotopic (exact) mass is 212 g/mol. The average molecular weight is 212 g/mol. The first-order valence-electron chi connectivity index (χ1n) is 6.79. The van der Waals surface area contributed by atoms with Gasteiger partial charge in [-0.05, 0) is 36.0 Å². The summed E-state index contributed by atoms with van der Waals surface area (Å²) in [5.41, 5.74) is 0.528. The van der Waals surface area contributed by atoms with E-state index in [0.29, 0.717) is 5.41 Å². The zero-order valence-electron chi connectivity index (χ0n) is 12.1. The summed E-state index contributed by atoms with van der Waals surface area (Å²) in [6.45, 7) is 16.6. The van der Waals surface area contributed by atoms with Crippen LogP contribution >= 0.6 is 0 Å². The lowest BCUT2D eigenvalue weighted by Crippen LogP contribution is -2.22. The quantitative estimate of drug-likeness (QED) is 0.521. The van der Waals surface area contributed by atoms with Crippen LogP contribution in [0.3, 0.4) is 0 Å². The van der Waals surface area contributed by atoms with Crippen molar-refractivity contribution in [2.45, 2.75) is 74.1 Å². The van der Waals surface area contributed by atoms with Crippen LogP contribution in [0.4, 0.5) is 0 Å². The molecular formula is C15H32. The summed E-state index contributed by atoms with van der Waals surface area (Å²) in [4.78, 5) is 0. The van der Waals surface area contributed by atoms with Gasteiger partial charge in [0, 0.05) is 0 Å². The van der Waals surface area contributed by atoms with Crippen molar-refractivity contribution in [2.75, 3.05) is 0 Å². The fourth-order valence-electron chi connectivity index (χ4n) is 2.34. The van der Waals surface area contributed by atoms with Crippen LogP contribution in [-0.4, -0.2) is 0 Å². The molecule has 0 amide bonds. The Balaban J connectivity index is 3.92. The van der Waals surface area contributed by atoms with Crippen molar-refractivity contribution in [1.82, 2.24) is 0 Å². The fourth-order valence-corrected chi connectivity index (χ4v) is 2.34. The smallest absolute Gasteiger partial charge is 0.0329 e. The molecule has 0 aliphatic rings. The summed E-state index contributed by atoms with van der Waals surface area (Å²) < 4.78 is 0. The molecule has 2 atom stereocenters. The third-order valence-electron chi connectivity index (χ3n) is 4.10. The third-order valence-corrected chi connectivity index (χ3v) is 4.10. The van der Waals surface area contributed by atoms with Gasteiger partial charge in [0.1, 0.15) is 0 Å². The summed E-state index contributed by atoms with van der Waals surface area (Å²) in [6.07, 6.45) is 5.48. The van der Waals surface area contributed by atoms with Crippen LogP contribution in [-0.2, 0) is 0 Å². The van der Waals surface area contributed by atoms with Gasteiger partial charge in [0.15, 0.2) is 0 Å². The van der Waals surface area contributed by atoms with Gasteiger partial charge >= 0.3 is 0 Å². The molecule has 0 fully saturated rings. The topological polar surface area (TPSA) is 0 Å². The van der Waals surface area contributed by atoms with E-state index in [1.165, 1.54) is 25.7 Å². The third kappa shape index (κ3) is 6.22. The van der Waals surface area contributed by atoms with Crippen molar-refractivity contribution < 1.29 is 0 Å². The van der Waals surface area contributed by atoms with Crippen molar-refractivity contribution in [3.8, 4) is 0 Å². The molecule has 92 valence electrons. The SMILES string of the molecule is CCC(C)C(C)(C)CCC(C)CC(C)C. The number of rotatable bonds is 7. The lowest BCUT2D eigenvalue weighted by Gasteiger charge is -2.32. The highest BCUT2D eigenvalue weighted by atomic mass is 14.3. The molecule has 0 aliphatic carbocycles. The summed E-state index contributed by atoms with van der Waals surface area (Å²) in [5, 5.41) is 0. The first-order valence-corrected chi connectivity index (χ1v) is 6.79. The predicted octanol–water partition coefficient (Wildman–Crippen LogP) is 5.52. The molecule has 0 saturated carbocycles. The van der Waals surface area contributed by atoms with Crippen LogP contribution in [0.25, 0.3) is 0 Å². The fraction of sp³-hybridized carbons (Fsp3) is 1.00. The second-order valence-corrected chi connectivity index (χ2v) is 6.57. The highest BCUT2D eigenvalue weighted by Gasteiger charge is 2.24. The van der Waals surface area contributed by atoms with Gasteiger partial charge in [0.25, 0.3) is 0 Å². The van der Waals surface area contributed by atoms with Gasteiger partial charge in [-0.1, -0.05) is 61.3 Å². The van der Waals surface area contributed by atoms with Crippen LogP contribution in [0.5, 0.6) is 0 Å². The van der Waals surface area contributed by atoms with E-state index < -0.39 is 0 Å². The molecular weight excluding hydrogens is 180 g/mol. The Kier molecular flexibility index (Phi) is 6.55. The molecule has 15 heavy (non-hydrogen) atoms. The zero-order chi connectivity index (χ0) is 12.1. The minimum Gasteiger partial charge on any atom is -0.0651 e. The van der Waals surface area contributed by atoms with Crippen molar-refractivity contribution in [1.29, 1.82) is 0 Å². The molecule has 0 nitrogen and oxygen atoms in total. The van der Waals surface area contributed by atoms with Crippen molar-refractivity contribution in [2.24, 2.45) is 23.2 Å². The lowest BCUT2D eigenvalue weighted by molar-refractivity contribution is 0.186. The largest absolute Gasteiger partial charge is 0.0651 e. The van der Waals surface area contributed by atoms with Crippen LogP contribution in [0.2, 0.25) is 0 Å². The van der Waals surface area contributed by atoms with E-state index >= 15 is 0 Å².